The quantitative estimate of drug-likeness (QED) is 0.608. The number of imidazole rings is 1. The highest BCUT2D eigenvalue weighted by atomic mass is 35.5. The fourth-order valence-electron chi connectivity index (χ4n) is 2.37. The smallest absolute Gasteiger partial charge is 0.151 e. The zero-order valence-corrected chi connectivity index (χ0v) is 12.9. The van der Waals surface area contributed by atoms with E-state index in [1.807, 2.05) is 41.8 Å². The van der Waals surface area contributed by atoms with E-state index >= 15 is 0 Å². The van der Waals surface area contributed by atoms with E-state index in [9.17, 15) is 4.39 Å². The predicted molar refractivity (Wildman–Crippen MR) is 84.5 cm³/mol. The van der Waals surface area contributed by atoms with E-state index in [2.05, 4.69) is 4.98 Å². The summed E-state index contributed by atoms with van der Waals surface area (Å²) in [5.41, 5.74) is 2.16. The Labute approximate surface area is 132 Å². The number of rotatable bonds is 3. The van der Waals surface area contributed by atoms with Gasteiger partial charge in [-0.1, -0.05) is 29.8 Å². The maximum Gasteiger partial charge on any atom is 0.151 e. The molecule has 0 fully saturated rings. The molecule has 0 bridgehead atoms. The largest absolute Gasteiger partial charge is 0.322 e. The Morgan fingerprint density at radius 3 is 2.57 bits per heavy atom. The summed E-state index contributed by atoms with van der Waals surface area (Å²) in [4.78, 5) is 4.36. The predicted octanol–water partition coefficient (Wildman–Crippen LogP) is 5.18. The number of halogens is 3. The highest BCUT2D eigenvalue weighted by molar-refractivity contribution is 6.30. The van der Waals surface area contributed by atoms with Crippen LogP contribution < -0.4 is 0 Å². The summed E-state index contributed by atoms with van der Waals surface area (Å²) in [6.45, 7) is 2.41. The van der Waals surface area contributed by atoms with Crippen molar-refractivity contribution >= 4 is 34.2 Å². The monoisotopic (exact) mass is 322 g/mol. The number of benzene rings is 2. The molecule has 0 saturated carbocycles. The highest BCUT2D eigenvalue weighted by Gasteiger charge is 2.17. The lowest BCUT2D eigenvalue weighted by Crippen LogP contribution is -2.05. The van der Waals surface area contributed by atoms with Crippen LogP contribution in [0, 0.1) is 5.82 Å². The van der Waals surface area contributed by atoms with Gasteiger partial charge >= 0.3 is 0 Å². The van der Waals surface area contributed by atoms with Crippen molar-refractivity contribution in [3.05, 3.63) is 64.7 Å². The maximum atomic E-state index is 13.9. The third kappa shape index (κ3) is 2.76. The van der Waals surface area contributed by atoms with Crippen molar-refractivity contribution in [3.63, 3.8) is 0 Å². The van der Waals surface area contributed by atoms with Crippen LogP contribution in [0.15, 0.2) is 42.5 Å². The number of fused-ring (bicyclic) bond motifs is 1. The Kier molecular flexibility index (Phi) is 3.87. The molecule has 2 aromatic carbocycles. The van der Waals surface area contributed by atoms with Crippen LogP contribution in [0.1, 0.15) is 23.7 Å². The van der Waals surface area contributed by atoms with Crippen LogP contribution in [-0.4, -0.2) is 9.55 Å². The molecule has 21 heavy (non-hydrogen) atoms. The minimum absolute atomic E-state index is 0.302. The molecule has 1 unspecified atom stereocenters. The molecule has 108 valence electrons. The first kappa shape index (κ1) is 14.4. The summed E-state index contributed by atoms with van der Waals surface area (Å²) in [6.07, 6.45) is 0. The number of nitrogens with zero attached hydrogens (tertiary/aromatic N) is 2. The van der Waals surface area contributed by atoms with Crippen molar-refractivity contribution < 1.29 is 4.39 Å². The second-order valence-electron chi connectivity index (χ2n) is 4.91. The standard InChI is InChI=1S/C16H13Cl2FN2/c1-10(17)16-20-15-13(19)3-2-4-14(15)21(16)9-11-5-7-12(18)8-6-11/h2-8,10H,9H2,1H3. The van der Waals surface area contributed by atoms with E-state index in [0.29, 0.717) is 22.9 Å². The molecule has 5 heteroatoms. The first-order valence-electron chi connectivity index (χ1n) is 6.59. The summed E-state index contributed by atoms with van der Waals surface area (Å²) in [6, 6.07) is 12.5. The summed E-state index contributed by atoms with van der Waals surface area (Å²) < 4.78 is 15.8. The molecule has 2 nitrogen and oxygen atoms in total. The normalized spacial score (nSPS) is 12.8. The first-order valence-corrected chi connectivity index (χ1v) is 7.41. The molecule has 1 aromatic heterocycles. The van der Waals surface area contributed by atoms with Gasteiger partial charge in [0.15, 0.2) is 5.82 Å². The molecule has 1 atom stereocenters. The average Bonchev–Trinajstić information content (AvgIpc) is 2.82. The van der Waals surface area contributed by atoms with E-state index in [4.69, 9.17) is 23.2 Å². The van der Waals surface area contributed by atoms with Crippen molar-refractivity contribution in [2.24, 2.45) is 0 Å². The molecule has 3 rings (SSSR count). The second-order valence-corrected chi connectivity index (χ2v) is 6.00. The number of para-hydroxylation sites is 1. The van der Waals surface area contributed by atoms with Gasteiger partial charge < -0.3 is 4.57 Å². The minimum atomic E-state index is -0.332. The van der Waals surface area contributed by atoms with Crippen molar-refractivity contribution in [2.75, 3.05) is 0 Å². The number of hydrogen-bond donors (Lipinski definition) is 0. The molecule has 0 radical (unpaired) electrons. The van der Waals surface area contributed by atoms with Crippen molar-refractivity contribution in [2.45, 2.75) is 18.8 Å². The lowest BCUT2D eigenvalue weighted by Gasteiger charge is -2.10. The topological polar surface area (TPSA) is 17.8 Å². The van der Waals surface area contributed by atoms with E-state index in [-0.39, 0.29) is 11.2 Å². The summed E-state index contributed by atoms with van der Waals surface area (Å²) in [7, 11) is 0. The van der Waals surface area contributed by atoms with Crippen molar-refractivity contribution in [3.8, 4) is 0 Å². The Bertz CT molecular complexity index is 779. The Balaban J connectivity index is 2.13. The molecular weight excluding hydrogens is 310 g/mol. The molecule has 0 aliphatic heterocycles. The zero-order chi connectivity index (χ0) is 15.0. The van der Waals surface area contributed by atoms with Gasteiger partial charge in [-0.3, -0.25) is 0 Å². The molecule has 0 saturated heterocycles. The number of hydrogen-bond acceptors (Lipinski definition) is 1. The Hall–Kier alpha value is -1.58. The summed E-state index contributed by atoms with van der Waals surface area (Å²) in [5, 5.41) is 0.385. The van der Waals surface area contributed by atoms with Crippen molar-refractivity contribution in [1.82, 2.24) is 9.55 Å². The van der Waals surface area contributed by atoms with Gasteiger partial charge in [-0.05, 0) is 36.8 Å². The van der Waals surface area contributed by atoms with Gasteiger partial charge in [0.05, 0.1) is 10.9 Å². The Morgan fingerprint density at radius 2 is 1.90 bits per heavy atom. The van der Waals surface area contributed by atoms with Gasteiger partial charge in [0, 0.05) is 11.6 Å². The lowest BCUT2D eigenvalue weighted by molar-refractivity contribution is 0.637. The van der Waals surface area contributed by atoms with Crippen LogP contribution in [-0.2, 0) is 6.54 Å². The second kappa shape index (κ2) is 5.66. The van der Waals surface area contributed by atoms with Gasteiger partial charge in [0.1, 0.15) is 11.3 Å². The van der Waals surface area contributed by atoms with Crippen molar-refractivity contribution in [1.29, 1.82) is 0 Å². The van der Waals surface area contributed by atoms with E-state index in [1.165, 1.54) is 6.07 Å². The van der Waals surface area contributed by atoms with Crippen LogP contribution in [0.3, 0.4) is 0 Å². The van der Waals surface area contributed by atoms with Gasteiger partial charge in [-0.2, -0.15) is 0 Å². The third-order valence-corrected chi connectivity index (χ3v) is 3.82. The molecule has 0 spiro atoms. The highest BCUT2D eigenvalue weighted by Crippen LogP contribution is 2.27. The number of aromatic nitrogens is 2. The van der Waals surface area contributed by atoms with E-state index in [1.54, 1.807) is 6.07 Å². The van der Waals surface area contributed by atoms with Crippen LogP contribution in [0.25, 0.3) is 11.0 Å². The van der Waals surface area contributed by atoms with Crippen LogP contribution in [0.4, 0.5) is 4.39 Å². The fourth-order valence-corrected chi connectivity index (χ4v) is 2.67. The zero-order valence-electron chi connectivity index (χ0n) is 11.4. The van der Waals surface area contributed by atoms with Crippen LogP contribution in [0.5, 0.6) is 0 Å². The van der Waals surface area contributed by atoms with E-state index < -0.39 is 0 Å². The molecule has 0 N–H and O–H groups in total. The first-order chi connectivity index (χ1) is 10.1. The summed E-state index contributed by atoms with van der Waals surface area (Å²) in [5.74, 6) is 0.327. The van der Waals surface area contributed by atoms with Crippen LogP contribution >= 0.6 is 23.2 Å². The minimum Gasteiger partial charge on any atom is -0.322 e. The maximum absolute atomic E-state index is 13.9. The van der Waals surface area contributed by atoms with Gasteiger partial charge in [0.2, 0.25) is 0 Å². The van der Waals surface area contributed by atoms with Gasteiger partial charge in [-0.25, -0.2) is 9.37 Å². The van der Waals surface area contributed by atoms with Crippen LogP contribution in [0.2, 0.25) is 5.02 Å². The Morgan fingerprint density at radius 1 is 1.19 bits per heavy atom. The molecular formula is C16H13Cl2FN2. The molecule has 3 aromatic rings. The van der Waals surface area contributed by atoms with Gasteiger partial charge in [0.25, 0.3) is 0 Å². The molecule has 0 aliphatic carbocycles. The molecule has 0 amide bonds. The SMILES string of the molecule is CC(Cl)c1nc2c(F)cccc2n1Cc1ccc(Cl)cc1. The molecule has 0 aliphatic rings. The third-order valence-electron chi connectivity index (χ3n) is 3.37. The fraction of sp³-hybridized carbons (Fsp3) is 0.188. The van der Waals surface area contributed by atoms with E-state index in [0.717, 1.165) is 11.1 Å². The summed E-state index contributed by atoms with van der Waals surface area (Å²) >= 11 is 12.1. The average molecular weight is 323 g/mol. The lowest BCUT2D eigenvalue weighted by atomic mass is 10.2. The molecule has 1 heterocycles. The van der Waals surface area contributed by atoms with Gasteiger partial charge in [-0.15, -0.1) is 11.6 Å². The number of alkyl halides is 1.